The minimum Gasteiger partial charge on any atom is -0.382 e. The molecule has 6 nitrogen and oxygen atoms in total. The molecule has 116 valence electrons. The molecule has 1 aromatic rings. The molecule has 0 aliphatic carbocycles. The van der Waals surface area contributed by atoms with Gasteiger partial charge in [0.15, 0.2) is 0 Å². The van der Waals surface area contributed by atoms with E-state index in [1.165, 1.54) is 5.56 Å². The molecule has 0 spiro atoms. The van der Waals surface area contributed by atoms with Crippen LogP contribution >= 0.6 is 0 Å². The van der Waals surface area contributed by atoms with Crippen LogP contribution in [0.5, 0.6) is 0 Å². The highest BCUT2D eigenvalue weighted by Crippen LogP contribution is 2.24. The Labute approximate surface area is 125 Å². The van der Waals surface area contributed by atoms with E-state index < -0.39 is 5.60 Å². The third-order valence-corrected chi connectivity index (χ3v) is 3.65. The van der Waals surface area contributed by atoms with Crippen LogP contribution in [0.15, 0.2) is 24.5 Å². The van der Waals surface area contributed by atoms with E-state index >= 15 is 0 Å². The van der Waals surface area contributed by atoms with Gasteiger partial charge in [0.25, 0.3) is 0 Å². The van der Waals surface area contributed by atoms with Crippen LogP contribution in [-0.2, 0) is 20.8 Å². The van der Waals surface area contributed by atoms with Crippen LogP contribution < -0.4 is 5.32 Å². The van der Waals surface area contributed by atoms with Gasteiger partial charge in [-0.25, -0.2) is 0 Å². The number of ether oxygens (including phenoxy) is 2. The van der Waals surface area contributed by atoms with Crippen molar-refractivity contribution in [1.29, 1.82) is 0 Å². The van der Waals surface area contributed by atoms with Crippen LogP contribution in [0.25, 0.3) is 0 Å². The average Bonchev–Trinajstić information content (AvgIpc) is 2.48. The molecule has 0 radical (unpaired) electrons. The second kappa shape index (κ2) is 7.49. The fourth-order valence-electron chi connectivity index (χ4n) is 2.69. The number of pyridine rings is 1. The fourth-order valence-corrected chi connectivity index (χ4v) is 2.69. The first kappa shape index (κ1) is 15.9. The molecule has 1 aliphatic heterocycles. The van der Waals surface area contributed by atoms with E-state index in [1.54, 1.807) is 26.6 Å². The van der Waals surface area contributed by atoms with Crippen LogP contribution in [0.2, 0.25) is 0 Å². The highest BCUT2D eigenvalue weighted by Gasteiger charge is 2.38. The highest BCUT2D eigenvalue weighted by atomic mass is 16.5. The molecule has 1 atom stereocenters. The molecule has 1 fully saturated rings. The number of nitrogens with one attached hydrogen (secondary N) is 1. The molecule has 1 aliphatic rings. The van der Waals surface area contributed by atoms with Crippen LogP contribution in [0.3, 0.4) is 0 Å². The molecule has 1 N–H and O–H groups in total. The van der Waals surface area contributed by atoms with Crippen LogP contribution in [0, 0.1) is 0 Å². The summed E-state index contributed by atoms with van der Waals surface area (Å²) in [4.78, 5) is 18.1. The van der Waals surface area contributed by atoms with Crippen LogP contribution in [-0.4, -0.2) is 61.9 Å². The summed E-state index contributed by atoms with van der Waals surface area (Å²) in [6.45, 7) is 3.36. The van der Waals surface area contributed by atoms with Crippen molar-refractivity contribution in [3.63, 3.8) is 0 Å². The van der Waals surface area contributed by atoms with Crippen molar-refractivity contribution in [2.75, 3.05) is 40.5 Å². The smallest absolute Gasteiger partial charge is 0.222 e. The Morgan fingerprint density at radius 3 is 2.95 bits per heavy atom. The zero-order valence-corrected chi connectivity index (χ0v) is 12.7. The van der Waals surface area contributed by atoms with Crippen LogP contribution in [0.1, 0.15) is 12.0 Å². The van der Waals surface area contributed by atoms with Crippen molar-refractivity contribution in [3.8, 4) is 0 Å². The van der Waals surface area contributed by atoms with E-state index in [1.807, 2.05) is 12.1 Å². The number of amides is 1. The summed E-state index contributed by atoms with van der Waals surface area (Å²) in [7, 11) is 3.27. The fraction of sp³-hybridized carbons (Fsp3) is 0.600. The molecule has 1 saturated heterocycles. The maximum atomic E-state index is 11.8. The third-order valence-electron chi connectivity index (χ3n) is 3.65. The lowest BCUT2D eigenvalue weighted by Crippen LogP contribution is -2.55. The maximum absolute atomic E-state index is 11.8. The summed E-state index contributed by atoms with van der Waals surface area (Å²) in [6, 6.07) is 4.01. The number of hydrogen-bond donors (Lipinski definition) is 1. The van der Waals surface area contributed by atoms with Crippen molar-refractivity contribution < 1.29 is 14.3 Å². The Morgan fingerprint density at radius 1 is 1.52 bits per heavy atom. The molecular formula is C15H23N3O3. The van der Waals surface area contributed by atoms with Crippen molar-refractivity contribution in [3.05, 3.63) is 30.1 Å². The standard InChI is InChI=1S/C15H23N3O3/c1-16-14(19)9-15(12-20-2)11-18(7-8-21-15)10-13-3-5-17-6-4-13/h3-6H,7-12H2,1-2H3,(H,16,19)/t15-/m0/s1. The normalized spacial score (nSPS) is 23.0. The zero-order valence-electron chi connectivity index (χ0n) is 12.7. The molecule has 21 heavy (non-hydrogen) atoms. The van der Waals surface area contributed by atoms with Crippen molar-refractivity contribution in [2.45, 2.75) is 18.6 Å². The Hall–Kier alpha value is -1.50. The number of carbonyl (C=O) groups excluding carboxylic acids is 1. The number of aromatic nitrogens is 1. The quantitative estimate of drug-likeness (QED) is 0.824. The summed E-state index contributed by atoms with van der Waals surface area (Å²) >= 11 is 0. The summed E-state index contributed by atoms with van der Waals surface area (Å²) in [5.74, 6) is -0.0298. The molecule has 1 amide bonds. The number of nitrogens with zero attached hydrogens (tertiary/aromatic N) is 2. The Balaban J connectivity index is 2.03. The number of morpholine rings is 1. The molecule has 0 bridgehead atoms. The molecule has 0 saturated carbocycles. The van der Waals surface area contributed by atoms with Gasteiger partial charge in [-0.15, -0.1) is 0 Å². The average molecular weight is 293 g/mol. The second-order valence-corrected chi connectivity index (χ2v) is 5.38. The van der Waals surface area contributed by atoms with Gasteiger partial charge in [0, 0.05) is 46.2 Å². The van der Waals surface area contributed by atoms with E-state index in [2.05, 4.69) is 15.2 Å². The molecule has 2 heterocycles. The van der Waals surface area contributed by atoms with E-state index in [9.17, 15) is 4.79 Å². The van der Waals surface area contributed by atoms with Gasteiger partial charge in [-0.3, -0.25) is 14.7 Å². The topological polar surface area (TPSA) is 63.7 Å². The molecule has 0 unspecified atom stereocenters. The highest BCUT2D eigenvalue weighted by molar-refractivity contribution is 5.76. The van der Waals surface area contributed by atoms with Crippen molar-refractivity contribution >= 4 is 5.91 Å². The van der Waals surface area contributed by atoms with Gasteiger partial charge in [0.05, 0.1) is 19.6 Å². The van der Waals surface area contributed by atoms with Gasteiger partial charge in [-0.1, -0.05) is 0 Å². The molecular weight excluding hydrogens is 270 g/mol. The van der Waals surface area contributed by atoms with E-state index in [0.717, 1.165) is 13.1 Å². The van der Waals surface area contributed by atoms with Crippen molar-refractivity contribution in [1.82, 2.24) is 15.2 Å². The van der Waals surface area contributed by atoms with Crippen LogP contribution in [0.4, 0.5) is 0 Å². The summed E-state index contributed by atoms with van der Waals surface area (Å²) < 4.78 is 11.2. The number of rotatable bonds is 6. The van der Waals surface area contributed by atoms with E-state index in [-0.39, 0.29) is 5.91 Å². The minimum atomic E-state index is -0.569. The Morgan fingerprint density at radius 2 is 2.29 bits per heavy atom. The van der Waals surface area contributed by atoms with Gasteiger partial charge < -0.3 is 14.8 Å². The molecule has 2 rings (SSSR count). The first-order valence-corrected chi connectivity index (χ1v) is 7.12. The van der Waals surface area contributed by atoms with Gasteiger partial charge in [-0.05, 0) is 17.7 Å². The van der Waals surface area contributed by atoms with E-state index in [4.69, 9.17) is 9.47 Å². The SMILES string of the molecule is CNC(=O)C[C@@]1(COC)CN(Cc2ccncc2)CCO1. The van der Waals surface area contributed by atoms with E-state index in [0.29, 0.717) is 26.2 Å². The monoisotopic (exact) mass is 293 g/mol. The van der Waals surface area contributed by atoms with Gasteiger partial charge in [0.1, 0.15) is 5.60 Å². The molecule has 6 heteroatoms. The third kappa shape index (κ3) is 4.49. The Bertz CT molecular complexity index is 451. The first-order chi connectivity index (χ1) is 10.2. The lowest BCUT2D eigenvalue weighted by molar-refractivity contribution is -0.155. The number of methoxy groups -OCH3 is 1. The second-order valence-electron chi connectivity index (χ2n) is 5.38. The zero-order chi connectivity index (χ0) is 15.1. The molecule has 1 aromatic heterocycles. The van der Waals surface area contributed by atoms with Gasteiger partial charge >= 0.3 is 0 Å². The molecule has 0 aromatic carbocycles. The summed E-state index contributed by atoms with van der Waals surface area (Å²) in [5.41, 5.74) is 0.637. The first-order valence-electron chi connectivity index (χ1n) is 7.12. The maximum Gasteiger partial charge on any atom is 0.222 e. The minimum absolute atomic E-state index is 0.0298. The largest absolute Gasteiger partial charge is 0.382 e. The predicted octanol–water partition coefficient (Wildman–Crippen LogP) is 0.435. The lowest BCUT2D eigenvalue weighted by atomic mass is 9.97. The number of hydrogen-bond acceptors (Lipinski definition) is 5. The number of carbonyl (C=O) groups is 1. The summed E-state index contributed by atoms with van der Waals surface area (Å²) in [5, 5.41) is 2.66. The van der Waals surface area contributed by atoms with Gasteiger partial charge in [0.2, 0.25) is 5.91 Å². The lowest BCUT2D eigenvalue weighted by Gasteiger charge is -2.42. The Kier molecular flexibility index (Phi) is 5.67. The summed E-state index contributed by atoms with van der Waals surface area (Å²) in [6.07, 6.45) is 3.90. The van der Waals surface area contributed by atoms with Crippen molar-refractivity contribution in [2.24, 2.45) is 0 Å². The predicted molar refractivity (Wildman–Crippen MR) is 78.8 cm³/mol. The van der Waals surface area contributed by atoms with Gasteiger partial charge in [-0.2, -0.15) is 0 Å².